The zero-order valence-corrected chi connectivity index (χ0v) is 12.9. The third kappa shape index (κ3) is 3.17. The van der Waals surface area contributed by atoms with Gasteiger partial charge in [0.2, 0.25) is 5.88 Å². The third-order valence-corrected chi connectivity index (χ3v) is 3.68. The first-order chi connectivity index (χ1) is 9.63. The number of hydrogen-bond acceptors (Lipinski definition) is 3. The van der Waals surface area contributed by atoms with Crippen molar-refractivity contribution in [1.29, 1.82) is 0 Å². The van der Waals surface area contributed by atoms with Gasteiger partial charge in [-0.3, -0.25) is 4.79 Å². The zero-order chi connectivity index (χ0) is 14.5. The highest BCUT2D eigenvalue weighted by atomic mass is 79.9. The molecule has 0 fully saturated rings. The van der Waals surface area contributed by atoms with Gasteiger partial charge in [0, 0.05) is 24.3 Å². The number of benzene rings is 1. The summed E-state index contributed by atoms with van der Waals surface area (Å²) < 4.78 is 6.11. The molecule has 2 aromatic rings. The fourth-order valence-electron chi connectivity index (χ4n) is 1.88. The predicted octanol–water partition coefficient (Wildman–Crippen LogP) is 3.12. The Morgan fingerprint density at radius 2 is 2.05 bits per heavy atom. The Balaban J connectivity index is 2.19. The Kier molecular flexibility index (Phi) is 4.74. The summed E-state index contributed by atoms with van der Waals surface area (Å²) in [5.41, 5.74) is 1.51. The Labute approximate surface area is 126 Å². The van der Waals surface area contributed by atoms with Crippen molar-refractivity contribution in [1.82, 2.24) is 9.88 Å². The van der Waals surface area contributed by atoms with E-state index in [2.05, 4.69) is 20.9 Å². The molecule has 4 nitrogen and oxygen atoms in total. The molecule has 1 aromatic heterocycles. The molecule has 0 N–H and O–H groups in total. The molecule has 1 amide bonds. The first-order valence-corrected chi connectivity index (χ1v) is 6.90. The number of ether oxygens (including phenoxy) is 1. The Bertz CT molecular complexity index is 616. The third-order valence-electron chi connectivity index (χ3n) is 2.91. The number of rotatable bonds is 4. The lowest BCUT2D eigenvalue weighted by Gasteiger charge is -2.19. The predicted molar refractivity (Wildman–Crippen MR) is 80.7 cm³/mol. The fourth-order valence-corrected chi connectivity index (χ4v) is 2.29. The summed E-state index contributed by atoms with van der Waals surface area (Å²) in [5.74, 6) is 0.224. The maximum Gasteiger partial charge on any atom is 0.259 e. The van der Waals surface area contributed by atoms with E-state index in [4.69, 9.17) is 4.74 Å². The normalized spacial score (nSPS) is 10.2. The van der Waals surface area contributed by atoms with Crippen molar-refractivity contribution in [2.75, 3.05) is 14.2 Å². The summed E-state index contributed by atoms with van der Waals surface area (Å²) >= 11 is 3.48. The summed E-state index contributed by atoms with van der Waals surface area (Å²) in [6.45, 7) is 0.512. The molecule has 104 valence electrons. The van der Waals surface area contributed by atoms with Gasteiger partial charge in [0.25, 0.3) is 5.91 Å². The fraction of sp³-hybridized carbons (Fsp3) is 0.200. The number of hydrogen-bond donors (Lipinski definition) is 0. The first-order valence-electron chi connectivity index (χ1n) is 6.11. The number of methoxy groups -OCH3 is 1. The second-order valence-electron chi connectivity index (χ2n) is 4.31. The molecule has 20 heavy (non-hydrogen) atoms. The molecule has 5 heteroatoms. The lowest BCUT2D eigenvalue weighted by Crippen LogP contribution is -2.27. The highest BCUT2D eigenvalue weighted by molar-refractivity contribution is 9.10. The first kappa shape index (κ1) is 14.5. The van der Waals surface area contributed by atoms with Crippen molar-refractivity contribution < 1.29 is 9.53 Å². The van der Waals surface area contributed by atoms with Gasteiger partial charge in [-0.15, -0.1) is 0 Å². The molecule has 0 unspecified atom stereocenters. The van der Waals surface area contributed by atoms with Crippen LogP contribution in [0.25, 0.3) is 0 Å². The number of carbonyl (C=O) groups excluding carboxylic acids is 1. The Morgan fingerprint density at radius 1 is 1.30 bits per heavy atom. The molecule has 0 radical (unpaired) electrons. The van der Waals surface area contributed by atoms with Crippen LogP contribution < -0.4 is 4.74 Å². The van der Waals surface area contributed by atoms with Crippen LogP contribution in [0.3, 0.4) is 0 Å². The zero-order valence-electron chi connectivity index (χ0n) is 11.3. The highest BCUT2D eigenvalue weighted by Gasteiger charge is 2.17. The minimum Gasteiger partial charge on any atom is -0.480 e. The summed E-state index contributed by atoms with van der Waals surface area (Å²) in [5, 5.41) is 0. The van der Waals surface area contributed by atoms with Crippen LogP contribution in [0.2, 0.25) is 0 Å². The van der Waals surface area contributed by atoms with E-state index in [0.717, 1.165) is 10.0 Å². The van der Waals surface area contributed by atoms with Gasteiger partial charge in [-0.2, -0.15) is 0 Å². The molecule has 1 heterocycles. The summed E-state index contributed by atoms with van der Waals surface area (Å²) in [4.78, 5) is 18.1. The van der Waals surface area contributed by atoms with Gasteiger partial charge in [-0.05, 0) is 23.8 Å². The van der Waals surface area contributed by atoms with Crippen LogP contribution in [0.1, 0.15) is 15.9 Å². The van der Waals surface area contributed by atoms with Crippen molar-refractivity contribution in [2.45, 2.75) is 6.54 Å². The minimum absolute atomic E-state index is 0.120. The van der Waals surface area contributed by atoms with Gasteiger partial charge < -0.3 is 9.64 Å². The molecule has 0 aliphatic rings. The highest BCUT2D eigenvalue weighted by Crippen LogP contribution is 2.20. The van der Waals surface area contributed by atoms with Crippen molar-refractivity contribution in [3.8, 4) is 5.88 Å². The van der Waals surface area contributed by atoms with E-state index in [0.29, 0.717) is 18.0 Å². The summed E-state index contributed by atoms with van der Waals surface area (Å²) in [6.07, 6.45) is 1.60. The quantitative estimate of drug-likeness (QED) is 0.862. The maximum atomic E-state index is 12.4. The molecule has 0 spiro atoms. The van der Waals surface area contributed by atoms with Gasteiger partial charge in [-0.1, -0.05) is 34.1 Å². The van der Waals surface area contributed by atoms with E-state index in [1.54, 1.807) is 30.3 Å². The average molecular weight is 335 g/mol. The van der Waals surface area contributed by atoms with Crippen LogP contribution >= 0.6 is 15.9 Å². The van der Waals surface area contributed by atoms with Gasteiger partial charge in [0.15, 0.2) is 0 Å². The van der Waals surface area contributed by atoms with Crippen LogP contribution in [0.15, 0.2) is 47.1 Å². The molecule has 0 saturated heterocycles. The van der Waals surface area contributed by atoms with Crippen LogP contribution in [-0.4, -0.2) is 29.9 Å². The SMILES string of the molecule is COc1ncccc1C(=O)N(C)Cc1ccccc1Br. The summed E-state index contributed by atoms with van der Waals surface area (Å²) in [6, 6.07) is 11.3. The molecule has 0 bridgehead atoms. The summed E-state index contributed by atoms with van der Waals surface area (Å²) in [7, 11) is 3.26. The van der Waals surface area contributed by atoms with E-state index >= 15 is 0 Å². The molecular weight excluding hydrogens is 320 g/mol. The van der Waals surface area contributed by atoms with Gasteiger partial charge in [0.05, 0.1) is 7.11 Å². The van der Waals surface area contributed by atoms with E-state index in [-0.39, 0.29) is 5.91 Å². The number of carbonyl (C=O) groups is 1. The molecule has 2 rings (SSSR count). The molecular formula is C15H15BrN2O2. The largest absolute Gasteiger partial charge is 0.480 e. The number of amides is 1. The average Bonchev–Trinajstić information content (AvgIpc) is 2.48. The van der Waals surface area contributed by atoms with Crippen LogP contribution in [-0.2, 0) is 6.54 Å². The van der Waals surface area contributed by atoms with E-state index < -0.39 is 0 Å². The number of aromatic nitrogens is 1. The van der Waals surface area contributed by atoms with Crippen LogP contribution in [0.4, 0.5) is 0 Å². The second-order valence-corrected chi connectivity index (χ2v) is 5.17. The minimum atomic E-state index is -0.120. The number of nitrogens with zero attached hydrogens (tertiary/aromatic N) is 2. The molecule has 0 saturated carbocycles. The lowest BCUT2D eigenvalue weighted by atomic mass is 10.2. The maximum absolute atomic E-state index is 12.4. The number of pyridine rings is 1. The van der Waals surface area contributed by atoms with Gasteiger partial charge in [-0.25, -0.2) is 4.98 Å². The van der Waals surface area contributed by atoms with E-state index in [1.807, 2.05) is 24.3 Å². The monoisotopic (exact) mass is 334 g/mol. The van der Waals surface area contributed by atoms with Crippen molar-refractivity contribution >= 4 is 21.8 Å². The smallest absolute Gasteiger partial charge is 0.259 e. The lowest BCUT2D eigenvalue weighted by molar-refractivity contribution is 0.0780. The van der Waals surface area contributed by atoms with E-state index in [1.165, 1.54) is 7.11 Å². The van der Waals surface area contributed by atoms with Crippen molar-refractivity contribution in [3.63, 3.8) is 0 Å². The topological polar surface area (TPSA) is 42.4 Å². The molecule has 1 aromatic carbocycles. The standard InChI is InChI=1S/C15H15BrN2O2/c1-18(10-11-6-3-4-8-13(11)16)15(19)12-7-5-9-17-14(12)20-2/h3-9H,10H2,1-2H3. The molecule has 0 aliphatic heterocycles. The molecule has 0 aliphatic carbocycles. The van der Waals surface area contributed by atoms with Gasteiger partial charge >= 0.3 is 0 Å². The molecule has 0 atom stereocenters. The Hall–Kier alpha value is -1.88. The number of halogens is 1. The van der Waals surface area contributed by atoms with Crippen molar-refractivity contribution in [3.05, 3.63) is 58.2 Å². The van der Waals surface area contributed by atoms with Crippen LogP contribution in [0, 0.1) is 0 Å². The Morgan fingerprint density at radius 3 is 2.75 bits per heavy atom. The second kappa shape index (κ2) is 6.52. The van der Waals surface area contributed by atoms with Crippen molar-refractivity contribution in [2.24, 2.45) is 0 Å². The van der Waals surface area contributed by atoms with Gasteiger partial charge in [0.1, 0.15) is 5.56 Å². The van der Waals surface area contributed by atoms with Crippen LogP contribution in [0.5, 0.6) is 5.88 Å². The van der Waals surface area contributed by atoms with E-state index in [9.17, 15) is 4.79 Å².